The third-order valence-electron chi connectivity index (χ3n) is 3.83. The highest BCUT2D eigenvalue weighted by Gasteiger charge is 2.24. The van der Waals surface area contributed by atoms with E-state index < -0.39 is 6.10 Å². The minimum absolute atomic E-state index is 0.161. The van der Waals surface area contributed by atoms with Gasteiger partial charge in [0.2, 0.25) is 0 Å². The molecule has 2 aromatic rings. The molecular weight excluding hydrogens is 284 g/mol. The van der Waals surface area contributed by atoms with Crippen LogP contribution in [0.4, 0.5) is 0 Å². The third kappa shape index (κ3) is 3.18. The lowest BCUT2D eigenvalue weighted by Gasteiger charge is -2.36. The van der Waals surface area contributed by atoms with Crippen molar-refractivity contribution in [3.05, 3.63) is 18.1 Å². The molecule has 0 bridgehead atoms. The number of aromatic nitrogens is 4. The van der Waals surface area contributed by atoms with Crippen LogP contribution >= 0.6 is 0 Å². The third-order valence-corrected chi connectivity index (χ3v) is 3.83. The number of fused-ring (bicyclic) bond motifs is 1. The molecule has 1 saturated heterocycles. The zero-order valence-electron chi connectivity index (χ0n) is 12.9. The topological polar surface area (TPSA) is 103 Å². The van der Waals surface area contributed by atoms with Gasteiger partial charge in [0, 0.05) is 19.6 Å². The number of aliphatic hydroxyl groups is 1. The number of aromatic amines is 1. The van der Waals surface area contributed by atoms with Crippen LogP contribution in [0.3, 0.4) is 0 Å². The highest BCUT2D eigenvalue weighted by molar-refractivity contribution is 5.68. The zero-order valence-corrected chi connectivity index (χ0v) is 12.9. The van der Waals surface area contributed by atoms with E-state index >= 15 is 0 Å². The van der Waals surface area contributed by atoms with Crippen LogP contribution in [0.1, 0.15) is 13.8 Å². The Morgan fingerprint density at radius 2 is 2.09 bits per heavy atom. The number of β-amino-alcohol motifs (C(OH)–C–C–N with tert-alkyl or cyclic N) is 1. The number of H-pyrrole nitrogens is 1. The summed E-state index contributed by atoms with van der Waals surface area (Å²) in [5, 5.41) is 18.1. The molecule has 0 amide bonds. The van der Waals surface area contributed by atoms with Crippen LogP contribution in [0, 0.1) is 5.41 Å². The summed E-state index contributed by atoms with van der Waals surface area (Å²) >= 11 is 0. The Labute approximate surface area is 128 Å². The van der Waals surface area contributed by atoms with Gasteiger partial charge in [0.25, 0.3) is 0 Å². The maximum absolute atomic E-state index is 10.4. The molecule has 1 fully saturated rings. The molecule has 22 heavy (non-hydrogen) atoms. The van der Waals surface area contributed by atoms with E-state index in [-0.39, 0.29) is 17.7 Å². The average molecular weight is 306 g/mol. The fourth-order valence-corrected chi connectivity index (χ4v) is 3.08. The van der Waals surface area contributed by atoms with Crippen molar-refractivity contribution in [3.63, 3.8) is 0 Å². The molecular formula is C14H22N6O2. The predicted molar refractivity (Wildman–Crippen MR) is 80.2 cm³/mol. The van der Waals surface area contributed by atoms with E-state index in [0.29, 0.717) is 24.3 Å². The summed E-state index contributed by atoms with van der Waals surface area (Å²) in [6, 6.07) is 0. The summed E-state index contributed by atoms with van der Waals surface area (Å²) in [6.45, 7) is 6.73. The number of rotatable bonds is 4. The van der Waals surface area contributed by atoms with Gasteiger partial charge in [-0.25, -0.2) is 9.97 Å². The largest absolute Gasteiger partial charge is 0.390 e. The Morgan fingerprint density at radius 3 is 2.82 bits per heavy atom. The SMILES string of the molecule is C[C@@H]1CN(CC(O)Cn2cnc(=N)c3[nH]cnc32)C[C@H](C)O1. The molecule has 3 N–H and O–H groups in total. The van der Waals surface area contributed by atoms with E-state index in [0.717, 1.165) is 13.1 Å². The van der Waals surface area contributed by atoms with Crippen molar-refractivity contribution < 1.29 is 9.84 Å². The second-order valence-electron chi connectivity index (χ2n) is 5.98. The second kappa shape index (κ2) is 6.15. The first-order valence-corrected chi connectivity index (χ1v) is 7.52. The first kappa shape index (κ1) is 15.1. The fourth-order valence-electron chi connectivity index (χ4n) is 3.08. The van der Waals surface area contributed by atoms with Gasteiger partial charge in [0.05, 0.1) is 37.5 Å². The van der Waals surface area contributed by atoms with Crippen LogP contribution in [0.25, 0.3) is 11.2 Å². The van der Waals surface area contributed by atoms with Crippen LogP contribution in [-0.2, 0) is 11.3 Å². The fraction of sp³-hybridized carbons (Fsp3) is 0.643. The number of nitrogens with one attached hydrogen (secondary N) is 2. The van der Waals surface area contributed by atoms with Crippen molar-refractivity contribution >= 4 is 11.2 Å². The smallest absolute Gasteiger partial charge is 0.173 e. The van der Waals surface area contributed by atoms with Crippen LogP contribution in [0.2, 0.25) is 0 Å². The van der Waals surface area contributed by atoms with Crippen molar-refractivity contribution in [1.82, 2.24) is 24.4 Å². The van der Waals surface area contributed by atoms with Crippen molar-refractivity contribution in [2.24, 2.45) is 0 Å². The van der Waals surface area contributed by atoms with Crippen molar-refractivity contribution in [1.29, 1.82) is 5.41 Å². The summed E-state index contributed by atoms with van der Waals surface area (Å²) in [5.41, 5.74) is 1.39. The second-order valence-corrected chi connectivity index (χ2v) is 5.98. The Hall–Kier alpha value is -1.77. The van der Waals surface area contributed by atoms with Crippen LogP contribution in [0.5, 0.6) is 0 Å². The first-order valence-electron chi connectivity index (χ1n) is 7.52. The Balaban J connectivity index is 1.68. The van der Waals surface area contributed by atoms with Crippen molar-refractivity contribution in [2.45, 2.75) is 38.7 Å². The lowest BCUT2D eigenvalue weighted by atomic mass is 10.2. The maximum atomic E-state index is 10.4. The molecule has 0 saturated carbocycles. The zero-order chi connectivity index (χ0) is 15.7. The van der Waals surface area contributed by atoms with Crippen LogP contribution in [-0.4, -0.2) is 67.5 Å². The van der Waals surface area contributed by atoms with Gasteiger partial charge in [0.1, 0.15) is 5.52 Å². The molecule has 2 aromatic heterocycles. The number of morpholine rings is 1. The minimum atomic E-state index is -0.527. The van der Waals surface area contributed by atoms with Crippen LogP contribution in [0.15, 0.2) is 12.7 Å². The summed E-state index contributed by atoms with van der Waals surface area (Å²) in [7, 11) is 0. The molecule has 8 nitrogen and oxygen atoms in total. The number of aliphatic hydroxyl groups excluding tert-OH is 1. The van der Waals surface area contributed by atoms with Gasteiger partial charge in [-0.3, -0.25) is 10.3 Å². The summed E-state index contributed by atoms with van der Waals surface area (Å²) < 4.78 is 7.48. The number of nitrogens with zero attached hydrogens (tertiary/aromatic N) is 4. The van der Waals surface area contributed by atoms with Gasteiger partial charge in [-0.05, 0) is 13.8 Å². The van der Waals surface area contributed by atoms with E-state index in [4.69, 9.17) is 10.1 Å². The Morgan fingerprint density at radius 1 is 1.36 bits per heavy atom. The van der Waals surface area contributed by atoms with Gasteiger partial charge < -0.3 is 19.4 Å². The van der Waals surface area contributed by atoms with Crippen LogP contribution < -0.4 is 5.49 Å². The molecule has 0 aromatic carbocycles. The lowest BCUT2D eigenvalue weighted by molar-refractivity contribution is -0.0772. The molecule has 1 unspecified atom stereocenters. The minimum Gasteiger partial charge on any atom is -0.390 e. The maximum Gasteiger partial charge on any atom is 0.173 e. The van der Waals surface area contributed by atoms with E-state index in [1.807, 2.05) is 13.8 Å². The van der Waals surface area contributed by atoms with E-state index in [2.05, 4.69) is 19.9 Å². The highest BCUT2D eigenvalue weighted by atomic mass is 16.5. The van der Waals surface area contributed by atoms with Gasteiger partial charge in [0.15, 0.2) is 11.1 Å². The molecule has 120 valence electrons. The van der Waals surface area contributed by atoms with E-state index in [9.17, 15) is 5.11 Å². The van der Waals surface area contributed by atoms with E-state index in [1.54, 1.807) is 17.2 Å². The Kier molecular flexibility index (Phi) is 4.23. The van der Waals surface area contributed by atoms with E-state index in [1.165, 1.54) is 0 Å². The van der Waals surface area contributed by atoms with Gasteiger partial charge in [-0.15, -0.1) is 0 Å². The number of ether oxygens (including phenoxy) is 1. The molecule has 0 aliphatic carbocycles. The van der Waals surface area contributed by atoms with Gasteiger partial charge in [-0.2, -0.15) is 0 Å². The Bertz CT molecular complexity index is 686. The molecule has 3 heterocycles. The molecule has 1 aliphatic heterocycles. The molecule has 3 atom stereocenters. The normalized spacial score (nSPS) is 24.7. The number of hydrogen-bond acceptors (Lipinski definition) is 6. The highest BCUT2D eigenvalue weighted by Crippen LogP contribution is 2.12. The number of hydrogen-bond donors (Lipinski definition) is 3. The summed E-state index contributed by atoms with van der Waals surface area (Å²) in [4.78, 5) is 13.3. The van der Waals surface area contributed by atoms with Gasteiger partial charge in [-0.1, -0.05) is 0 Å². The molecule has 0 radical (unpaired) electrons. The average Bonchev–Trinajstić information content (AvgIpc) is 2.91. The van der Waals surface area contributed by atoms with Gasteiger partial charge >= 0.3 is 0 Å². The quantitative estimate of drug-likeness (QED) is 0.720. The monoisotopic (exact) mass is 306 g/mol. The first-order chi connectivity index (χ1) is 10.5. The summed E-state index contributed by atoms with van der Waals surface area (Å²) in [5.74, 6) is 0. The standard InChI is InChI=1S/C14H22N6O2/c1-9-3-19(4-10(2)22-9)5-11(21)6-20-8-18-13(15)12-14(20)17-7-16-12/h7-11,15,21H,3-6H2,1-2H3,(H,16,17)/t9-,10+,11?. The number of imidazole rings is 1. The predicted octanol–water partition coefficient (Wildman–Crippen LogP) is -0.291. The van der Waals surface area contributed by atoms with Crippen molar-refractivity contribution in [2.75, 3.05) is 19.6 Å². The molecule has 1 aliphatic rings. The van der Waals surface area contributed by atoms with Crippen molar-refractivity contribution in [3.8, 4) is 0 Å². The molecule has 0 spiro atoms. The lowest BCUT2D eigenvalue weighted by Crippen LogP contribution is -2.48. The molecule has 8 heteroatoms. The summed E-state index contributed by atoms with van der Waals surface area (Å²) in [6.07, 6.45) is 2.94. The molecule has 3 rings (SSSR count).